The van der Waals surface area contributed by atoms with Crippen LogP contribution in [-0.4, -0.2) is 21.3 Å². The van der Waals surface area contributed by atoms with Gasteiger partial charge in [0.2, 0.25) is 5.91 Å². The van der Waals surface area contributed by atoms with Crippen LogP contribution in [0.5, 0.6) is 0 Å². The van der Waals surface area contributed by atoms with Crippen molar-refractivity contribution >= 4 is 29.1 Å². The van der Waals surface area contributed by atoms with Gasteiger partial charge in [-0.1, -0.05) is 67.8 Å². The minimum Gasteiger partial charge on any atom is -0.367 e. The van der Waals surface area contributed by atoms with Gasteiger partial charge in [0.25, 0.3) is 0 Å². The number of carbonyl (C=O) groups excluding carboxylic acids is 1. The fourth-order valence-electron chi connectivity index (χ4n) is 4.44. The number of nitrogens with zero attached hydrogens (tertiary/aromatic N) is 2. The molecule has 166 valence electrons. The fraction of sp³-hybridized carbons (Fsp3) is 0.214. The summed E-state index contributed by atoms with van der Waals surface area (Å²) in [6.45, 7) is 0. The van der Waals surface area contributed by atoms with Crippen molar-refractivity contribution in [1.82, 2.24) is 9.38 Å². The Labute approximate surface area is 194 Å². The number of hydrogen-bond donors (Lipinski definition) is 2. The molecule has 1 saturated carbocycles. The number of anilines is 2. The van der Waals surface area contributed by atoms with Gasteiger partial charge in [0.05, 0.1) is 0 Å². The van der Waals surface area contributed by atoms with Crippen LogP contribution < -0.4 is 10.6 Å². The Kier molecular flexibility index (Phi) is 6.20. The van der Waals surface area contributed by atoms with E-state index in [-0.39, 0.29) is 5.91 Å². The van der Waals surface area contributed by atoms with Gasteiger partial charge < -0.3 is 10.6 Å². The summed E-state index contributed by atoms with van der Waals surface area (Å²) in [5, 5.41) is 6.75. The molecule has 0 spiro atoms. The Bertz CT molecular complexity index is 1270. The summed E-state index contributed by atoms with van der Waals surface area (Å²) in [5.41, 5.74) is 4.52. The van der Waals surface area contributed by atoms with E-state index in [1.54, 1.807) is 6.08 Å². The Morgan fingerprint density at radius 2 is 1.76 bits per heavy atom. The zero-order chi connectivity index (χ0) is 22.5. The number of aromatic nitrogens is 2. The van der Waals surface area contributed by atoms with E-state index in [4.69, 9.17) is 4.98 Å². The third kappa shape index (κ3) is 4.98. The number of benzene rings is 2. The van der Waals surface area contributed by atoms with Crippen LogP contribution in [0.1, 0.15) is 37.7 Å². The van der Waals surface area contributed by atoms with Gasteiger partial charge in [-0.15, -0.1) is 0 Å². The summed E-state index contributed by atoms with van der Waals surface area (Å²) < 4.78 is 2.12. The quantitative estimate of drug-likeness (QED) is 0.344. The van der Waals surface area contributed by atoms with Crippen molar-refractivity contribution in [3.05, 3.63) is 90.6 Å². The number of rotatable bonds is 6. The third-order valence-electron chi connectivity index (χ3n) is 6.11. The molecule has 0 unspecified atom stereocenters. The van der Waals surface area contributed by atoms with Gasteiger partial charge in [0.1, 0.15) is 17.2 Å². The van der Waals surface area contributed by atoms with Gasteiger partial charge in [-0.3, -0.25) is 9.20 Å². The van der Waals surface area contributed by atoms with E-state index in [9.17, 15) is 4.79 Å². The summed E-state index contributed by atoms with van der Waals surface area (Å²) in [6.07, 6.45) is 11.6. The first-order chi connectivity index (χ1) is 16.3. The molecule has 0 bridgehead atoms. The molecule has 2 aromatic carbocycles. The molecular formula is C28H28N4O. The molecule has 1 aliphatic rings. The van der Waals surface area contributed by atoms with Crippen molar-refractivity contribution in [2.45, 2.75) is 38.1 Å². The molecule has 4 aromatic rings. The predicted octanol–water partition coefficient (Wildman–Crippen LogP) is 6.40. The number of hydrogen-bond acceptors (Lipinski definition) is 3. The highest BCUT2D eigenvalue weighted by molar-refractivity contribution is 6.02. The lowest BCUT2D eigenvalue weighted by Gasteiger charge is -2.24. The van der Waals surface area contributed by atoms with Crippen molar-refractivity contribution < 1.29 is 4.79 Å². The topological polar surface area (TPSA) is 58.4 Å². The first-order valence-corrected chi connectivity index (χ1v) is 11.6. The predicted molar refractivity (Wildman–Crippen MR) is 135 cm³/mol. The number of amides is 1. The second kappa shape index (κ2) is 9.74. The molecule has 1 fully saturated rings. The van der Waals surface area contributed by atoms with Crippen molar-refractivity contribution in [2.24, 2.45) is 0 Å². The summed E-state index contributed by atoms with van der Waals surface area (Å²) in [6, 6.07) is 24.2. The fourth-order valence-corrected chi connectivity index (χ4v) is 4.44. The Morgan fingerprint density at radius 3 is 2.61 bits per heavy atom. The van der Waals surface area contributed by atoms with E-state index >= 15 is 0 Å². The zero-order valence-corrected chi connectivity index (χ0v) is 18.6. The highest BCUT2D eigenvalue weighted by atomic mass is 16.1. The summed E-state index contributed by atoms with van der Waals surface area (Å²) in [5.74, 6) is 0.858. The highest BCUT2D eigenvalue weighted by Gasteiger charge is 2.19. The van der Waals surface area contributed by atoms with Crippen LogP contribution in [0.25, 0.3) is 23.0 Å². The number of nitrogens with one attached hydrogen (secondary N) is 2. The smallest absolute Gasteiger partial charge is 0.248 e. The second-order valence-electron chi connectivity index (χ2n) is 8.53. The van der Waals surface area contributed by atoms with E-state index in [1.165, 1.54) is 32.1 Å². The van der Waals surface area contributed by atoms with E-state index < -0.39 is 0 Å². The average molecular weight is 437 g/mol. The normalized spacial score (nSPS) is 14.5. The van der Waals surface area contributed by atoms with Crippen LogP contribution in [0.3, 0.4) is 0 Å². The Morgan fingerprint density at radius 1 is 0.939 bits per heavy atom. The van der Waals surface area contributed by atoms with E-state index in [2.05, 4.69) is 21.2 Å². The maximum Gasteiger partial charge on any atom is 0.248 e. The number of carbonyl (C=O) groups is 1. The van der Waals surface area contributed by atoms with Crippen LogP contribution in [0, 0.1) is 0 Å². The maximum atomic E-state index is 12.5. The standard InChI is InChI=1S/C28H28N4O/c33-26(18-17-21-10-3-1-4-11-21)29-24-15-9-12-22(20-24)27-28(30-23-13-5-2-6-14-23)32-19-8-7-16-25(32)31-27/h1,3-4,7-12,15-20,23,30H,2,5-6,13-14H2,(H,29,33)/b18-17+. The summed E-state index contributed by atoms with van der Waals surface area (Å²) in [4.78, 5) is 17.4. The number of pyridine rings is 1. The minimum absolute atomic E-state index is 0.161. The van der Waals surface area contributed by atoms with Crippen LogP contribution in [0.4, 0.5) is 11.5 Å². The number of fused-ring (bicyclic) bond motifs is 1. The van der Waals surface area contributed by atoms with Crippen LogP contribution in [0.2, 0.25) is 0 Å². The van der Waals surface area contributed by atoms with Gasteiger partial charge in [0.15, 0.2) is 0 Å². The maximum absolute atomic E-state index is 12.5. The highest BCUT2D eigenvalue weighted by Crippen LogP contribution is 2.32. The molecule has 5 nitrogen and oxygen atoms in total. The van der Waals surface area contributed by atoms with Crippen LogP contribution in [-0.2, 0) is 4.79 Å². The van der Waals surface area contributed by atoms with Crippen LogP contribution >= 0.6 is 0 Å². The van der Waals surface area contributed by atoms with Crippen molar-refractivity contribution in [3.8, 4) is 11.3 Å². The molecule has 33 heavy (non-hydrogen) atoms. The average Bonchev–Trinajstić information content (AvgIpc) is 3.23. The Hall–Kier alpha value is -3.86. The lowest BCUT2D eigenvalue weighted by molar-refractivity contribution is -0.111. The minimum atomic E-state index is -0.161. The van der Waals surface area contributed by atoms with E-state index in [0.29, 0.717) is 6.04 Å². The van der Waals surface area contributed by atoms with Gasteiger partial charge >= 0.3 is 0 Å². The largest absolute Gasteiger partial charge is 0.367 e. The van der Waals surface area contributed by atoms with E-state index in [1.807, 2.05) is 78.9 Å². The van der Waals surface area contributed by atoms with Gasteiger partial charge in [-0.05, 0) is 48.7 Å². The molecule has 5 rings (SSSR count). The molecule has 5 heteroatoms. The monoisotopic (exact) mass is 436 g/mol. The lowest BCUT2D eigenvalue weighted by Crippen LogP contribution is -2.23. The van der Waals surface area contributed by atoms with Gasteiger partial charge in [-0.25, -0.2) is 4.98 Å². The molecule has 0 saturated heterocycles. The van der Waals surface area contributed by atoms with Crippen LogP contribution in [0.15, 0.2) is 85.1 Å². The van der Waals surface area contributed by atoms with Crippen molar-refractivity contribution in [2.75, 3.05) is 10.6 Å². The first kappa shape index (κ1) is 21.0. The molecule has 2 N–H and O–H groups in total. The molecule has 0 aliphatic heterocycles. The summed E-state index contributed by atoms with van der Waals surface area (Å²) >= 11 is 0. The summed E-state index contributed by atoms with van der Waals surface area (Å²) in [7, 11) is 0. The number of imidazole rings is 1. The Balaban J connectivity index is 1.41. The first-order valence-electron chi connectivity index (χ1n) is 11.6. The molecule has 2 aromatic heterocycles. The molecule has 0 radical (unpaired) electrons. The zero-order valence-electron chi connectivity index (χ0n) is 18.6. The SMILES string of the molecule is O=C(/C=C/c1ccccc1)Nc1cccc(-c2nc3ccccn3c2NC2CCCCC2)c1. The molecule has 0 atom stereocenters. The third-order valence-corrected chi connectivity index (χ3v) is 6.11. The lowest BCUT2D eigenvalue weighted by atomic mass is 9.95. The molecule has 1 amide bonds. The molecule has 2 heterocycles. The second-order valence-corrected chi connectivity index (χ2v) is 8.53. The van der Waals surface area contributed by atoms with Crippen molar-refractivity contribution in [1.29, 1.82) is 0 Å². The molecular weight excluding hydrogens is 408 g/mol. The van der Waals surface area contributed by atoms with Crippen molar-refractivity contribution in [3.63, 3.8) is 0 Å². The molecule has 1 aliphatic carbocycles. The van der Waals surface area contributed by atoms with Gasteiger partial charge in [-0.2, -0.15) is 0 Å². The van der Waals surface area contributed by atoms with Gasteiger partial charge in [0, 0.05) is 29.6 Å². The van der Waals surface area contributed by atoms with E-state index in [0.717, 1.165) is 34.0 Å².